The van der Waals surface area contributed by atoms with Crippen molar-refractivity contribution >= 4 is 11.9 Å². The second kappa shape index (κ2) is 4.51. The van der Waals surface area contributed by atoms with Crippen LogP contribution in [0, 0.1) is 17.8 Å². The lowest BCUT2D eigenvalue weighted by molar-refractivity contribution is -0.142. The van der Waals surface area contributed by atoms with Gasteiger partial charge in [0.25, 0.3) is 0 Å². The van der Waals surface area contributed by atoms with Gasteiger partial charge in [0.2, 0.25) is 5.91 Å². The summed E-state index contributed by atoms with van der Waals surface area (Å²) in [5.41, 5.74) is 0.955. The van der Waals surface area contributed by atoms with Crippen molar-refractivity contribution in [2.24, 2.45) is 17.8 Å². The predicted octanol–water partition coefficient (Wildman–Crippen LogP) is 1.52. The largest absolute Gasteiger partial charge is 0.481 e. The van der Waals surface area contributed by atoms with E-state index in [1.165, 1.54) is 0 Å². The van der Waals surface area contributed by atoms with Gasteiger partial charge < -0.3 is 10.0 Å². The van der Waals surface area contributed by atoms with Crippen LogP contribution in [0.3, 0.4) is 0 Å². The number of carboxylic acid groups (broad SMARTS) is 1. The van der Waals surface area contributed by atoms with E-state index in [0.29, 0.717) is 19.0 Å². The summed E-state index contributed by atoms with van der Waals surface area (Å²) in [7, 11) is 0. The first kappa shape index (κ1) is 12.1. The van der Waals surface area contributed by atoms with Crippen LogP contribution in [0.25, 0.3) is 0 Å². The monoisotopic (exact) mass is 237 g/mol. The Morgan fingerprint density at radius 1 is 1.24 bits per heavy atom. The van der Waals surface area contributed by atoms with Crippen LogP contribution in [-0.4, -0.2) is 35.0 Å². The van der Waals surface area contributed by atoms with Crippen LogP contribution in [0.5, 0.6) is 0 Å². The molecule has 0 aromatic carbocycles. The van der Waals surface area contributed by atoms with E-state index in [-0.39, 0.29) is 17.7 Å². The van der Waals surface area contributed by atoms with E-state index in [1.54, 1.807) is 11.0 Å². The molecule has 1 saturated heterocycles. The van der Waals surface area contributed by atoms with Crippen molar-refractivity contribution in [2.75, 3.05) is 13.1 Å². The number of aliphatic carboxylic acids is 1. The molecule has 2 atom stereocenters. The van der Waals surface area contributed by atoms with Gasteiger partial charge in [-0.15, -0.1) is 0 Å². The van der Waals surface area contributed by atoms with Crippen molar-refractivity contribution in [1.29, 1.82) is 0 Å². The van der Waals surface area contributed by atoms with E-state index in [0.717, 1.165) is 18.4 Å². The first-order valence-electron chi connectivity index (χ1n) is 6.15. The van der Waals surface area contributed by atoms with Gasteiger partial charge in [-0.2, -0.15) is 0 Å². The Morgan fingerprint density at radius 2 is 1.88 bits per heavy atom. The Morgan fingerprint density at radius 3 is 2.35 bits per heavy atom. The van der Waals surface area contributed by atoms with Crippen LogP contribution in [0.4, 0.5) is 0 Å². The van der Waals surface area contributed by atoms with Gasteiger partial charge in [0.1, 0.15) is 0 Å². The van der Waals surface area contributed by atoms with Gasteiger partial charge >= 0.3 is 5.97 Å². The summed E-state index contributed by atoms with van der Waals surface area (Å²) in [5, 5.41) is 9.19. The zero-order valence-electron chi connectivity index (χ0n) is 10.3. The summed E-state index contributed by atoms with van der Waals surface area (Å²) in [5.74, 6) is -0.464. The zero-order valence-corrected chi connectivity index (χ0v) is 10.3. The Bertz CT molecular complexity index is 367. The van der Waals surface area contributed by atoms with Crippen molar-refractivity contribution in [3.8, 4) is 0 Å². The third-order valence-corrected chi connectivity index (χ3v) is 3.63. The Kier molecular flexibility index (Phi) is 3.22. The maximum atomic E-state index is 11.9. The molecular weight excluding hydrogens is 218 g/mol. The molecule has 0 bridgehead atoms. The maximum absolute atomic E-state index is 11.9. The highest BCUT2D eigenvalue weighted by molar-refractivity contribution is 5.89. The number of amides is 1. The number of carboxylic acids is 1. The molecule has 2 rings (SSSR count). The molecule has 1 amide bonds. The van der Waals surface area contributed by atoms with Crippen LogP contribution in [0.2, 0.25) is 0 Å². The molecule has 1 aliphatic carbocycles. The van der Waals surface area contributed by atoms with Gasteiger partial charge in [0, 0.05) is 19.2 Å². The number of likely N-dealkylation sites (tertiary alicyclic amines) is 1. The van der Waals surface area contributed by atoms with Crippen LogP contribution >= 0.6 is 0 Å². The van der Waals surface area contributed by atoms with E-state index in [9.17, 15) is 14.7 Å². The first-order valence-corrected chi connectivity index (χ1v) is 6.15. The summed E-state index contributed by atoms with van der Waals surface area (Å²) in [6.45, 7) is 4.74. The molecule has 0 aromatic rings. The normalized spacial score (nSPS) is 28.0. The lowest BCUT2D eigenvalue weighted by Gasteiger charge is -2.14. The van der Waals surface area contributed by atoms with Crippen LogP contribution in [0.1, 0.15) is 26.7 Å². The topological polar surface area (TPSA) is 57.6 Å². The molecule has 94 valence electrons. The fourth-order valence-corrected chi connectivity index (χ4v) is 2.61. The van der Waals surface area contributed by atoms with E-state index < -0.39 is 5.97 Å². The molecule has 1 saturated carbocycles. The smallest absolute Gasteiger partial charge is 0.308 e. The fourth-order valence-electron chi connectivity index (χ4n) is 2.61. The van der Waals surface area contributed by atoms with Gasteiger partial charge in [-0.3, -0.25) is 9.59 Å². The van der Waals surface area contributed by atoms with Crippen molar-refractivity contribution in [3.05, 3.63) is 11.6 Å². The lowest BCUT2D eigenvalue weighted by atomic mass is 9.92. The number of carbonyl (C=O) groups excluding carboxylic acids is 1. The minimum atomic E-state index is -0.755. The number of allylic oxidation sites excluding steroid dienone is 1. The molecule has 2 aliphatic rings. The van der Waals surface area contributed by atoms with Gasteiger partial charge in [-0.05, 0) is 38.5 Å². The quantitative estimate of drug-likeness (QED) is 0.757. The second-order valence-corrected chi connectivity index (χ2v) is 5.41. The van der Waals surface area contributed by atoms with E-state index >= 15 is 0 Å². The molecule has 4 nitrogen and oxygen atoms in total. The summed E-state index contributed by atoms with van der Waals surface area (Å²) < 4.78 is 0. The standard InChI is InChI=1S/C13H19NO3/c1-8(2)5-12(15)14-6-10(9-3-4-9)11(7-14)13(16)17/h5,9-11H,3-4,6-7H2,1-2H3,(H,16,17)/t10-,11+/m1/s1. The SMILES string of the molecule is CC(C)=CC(=O)N1C[C@H](C(=O)O)[C@@H](C2CC2)C1. The van der Waals surface area contributed by atoms with Crippen molar-refractivity contribution in [3.63, 3.8) is 0 Å². The second-order valence-electron chi connectivity index (χ2n) is 5.41. The van der Waals surface area contributed by atoms with E-state index in [2.05, 4.69) is 0 Å². The highest BCUT2D eigenvalue weighted by Crippen LogP contribution is 2.44. The average molecular weight is 237 g/mol. The Balaban J connectivity index is 2.06. The highest BCUT2D eigenvalue weighted by atomic mass is 16.4. The summed E-state index contributed by atoms with van der Waals surface area (Å²) in [4.78, 5) is 24.7. The molecule has 17 heavy (non-hydrogen) atoms. The highest BCUT2D eigenvalue weighted by Gasteiger charge is 2.46. The first-order chi connectivity index (χ1) is 7.99. The number of hydrogen-bond donors (Lipinski definition) is 1. The molecule has 0 aromatic heterocycles. The van der Waals surface area contributed by atoms with Crippen LogP contribution in [-0.2, 0) is 9.59 Å². The number of rotatable bonds is 3. The molecular formula is C13H19NO3. The predicted molar refractivity (Wildman–Crippen MR) is 63.4 cm³/mol. The van der Waals surface area contributed by atoms with Gasteiger partial charge in [0.15, 0.2) is 0 Å². The van der Waals surface area contributed by atoms with Crippen molar-refractivity contribution in [1.82, 2.24) is 4.90 Å². The Hall–Kier alpha value is -1.32. The molecule has 1 aliphatic heterocycles. The minimum absolute atomic E-state index is 0.0422. The summed E-state index contributed by atoms with van der Waals surface area (Å²) in [6, 6.07) is 0. The molecule has 4 heteroatoms. The van der Waals surface area contributed by atoms with Crippen molar-refractivity contribution in [2.45, 2.75) is 26.7 Å². The number of carbonyl (C=O) groups is 2. The molecule has 0 spiro atoms. The Labute approximate surface area is 101 Å². The molecule has 0 radical (unpaired) electrons. The number of hydrogen-bond acceptors (Lipinski definition) is 2. The van der Waals surface area contributed by atoms with E-state index in [1.807, 2.05) is 13.8 Å². The average Bonchev–Trinajstić information content (AvgIpc) is 2.95. The molecule has 0 unspecified atom stereocenters. The van der Waals surface area contributed by atoms with Crippen LogP contribution in [0.15, 0.2) is 11.6 Å². The zero-order chi connectivity index (χ0) is 12.6. The third kappa shape index (κ3) is 2.68. The molecule has 1 heterocycles. The van der Waals surface area contributed by atoms with Gasteiger partial charge in [-0.25, -0.2) is 0 Å². The molecule has 2 fully saturated rings. The van der Waals surface area contributed by atoms with E-state index in [4.69, 9.17) is 0 Å². The summed E-state index contributed by atoms with van der Waals surface area (Å²) >= 11 is 0. The lowest BCUT2D eigenvalue weighted by Crippen LogP contribution is -2.28. The van der Waals surface area contributed by atoms with Crippen molar-refractivity contribution < 1.29 is 14.7 Å². The molecule has 1 N–H and O–H groups in total. The number of nitrogens with zero attached hydrogens (tertiary/aromatic N) is 1. The van der Waals surface area contributed by atoms with Gasteiger partial charge in [-0.1, -0.05) is 5.57 Å². The fraction of sp³-hybridized carbons (Fsp3) is 0.692. The van der Waals surface area contributed by atoms with Crippen LogP contribution < -0.4 is 0 Å². The van der Waals surface area contributed by atoms with Gasteiger partial charge in [0.05, 0.1) is 5.92 Å². The third-order valence-electron chi connectivity index (χ3n) is 3.63. The maximum Gasteiger partial charge on any atom is 0.308 e. The summed E-state index contributed by atoms with van der Waals surface area (Å²) in [6.07, 6.45) is 3.84. The minimum Gasteiger partial charge on any atom is -0.481 e.